The van der Waals surface area contributed by atoms with Crippen LogP contribution in [0.2, 0.25) is 0 Å². The fraction of sp³-hybridized carbons (Fsp3) is 0.857. The van der Waals surface area contributed by atoms with Crippen molar-refractivity contribution in [3.63, 3.8) is 0 Å². The molecule has 0 aliphatic carbocycles. The van der Waals surface area contributed by atoms with Crippen molar-refractivity contribution in [2.24, 2.45) is 0 Å². The van der Waals surface area contributed by atoms with Gasteiger partial charge < -0.3 is 29.2 Å². The predicted molar refractivity (Wildman–Crippen MR) is 106 cm³/mol. The van der Waals surface area contributed by atoms with Gasteiger partial charge in [-0.2, -0.15) is 0 Å². The van der Waals surface area contributed by atoms with Crippen LogP contribution in [0, 0.1) is 0 Å². The molecule has 0 spiro atoms. The van der Waals surface area contributed by atoms with Gasteiger partial charge in [-0.25, -0.2) is 4.79 Å². The van der Waals surface area contributed by atoms with Crippen LogP contribution in [0.25, 0.3) is 0 Å². The van der Waals surface area contributed by atoms with E-state index in [1.165, 1.54) is 0 Å². The Labute approximate surface area is 169 Å². The number of unbranched alkanes of at least 4 members (excludes halogenated alkanes) is 5. The largest absolute Gasteiger partial charge is 0.478 e. The third-order valence-corrected chi connectivity index (χ3v) is 4.82. The van der Waals surface area contributed by atoms with E-state index in [4.69, 9.17) is 24.1 Å². The Kier molecular flexibility index (Phi) is 11.9. The highest BCUT2D eigenvalue weighted by molar-refractivity contribution is 5.79. The average molecular weight is 403 g/mol. The molecule has 1 saturated heterocycles. The van der Waals surface area contributed by atoms with Gasteiger partial charge in [0.1, 0.15) is 12.9 Å². The monoisotopic (exact) mass is 402 g/mol. The van der Waals surface area contributed by atoms with Crippen LogP contribution in [0.5, 0.6) is 0 Å². The van der Waals surface area contributed by atoms with Gasteiger partial charge in [0.25, 0.3) is 0 Å². The molecule has 7 heteroatoms. The minimum atomic E-state index is -0.975. The molecule has 28 heavy (non-hydrogen) atoms. The van der Waals surface area contributed by atoms with E-state index in [-0.39, 0.29) is 25.1 Å². The highest BCUT2D eigenvalue weighted by Gasteiger charge is 2.39. The van der Waals surface area contributed by atoms with E-state index < -0.39 is 17.9 Å². The first-order valence-electron chi connectivity index (χ1n) is 10.3. The van der Waals surface area contributed by atoms with Gasteiger partial charge in [0, 0.05) is 13.2 Å². The second-order valence-corrected chi connectivity index (χ2v) is 7.89. The third kappa shape index (κ3) is 10.5. The standard InChI is InChI=1S/C21H38O7/c1-16(22)17(26-15-25-4)11-9-7-5-6-8-10-12-18-19(13-14-20(23)24)28-21(2,3)27-18/h13-14,16-19,22H,5-12,15H2,1-4H3,(H,23,24)/b14-13+/t16?,17-,18-,19-/m1/s1. The van der Waals surface area contributed by atoms with Crippen LogP contribution >= 0.6 is 0 Å². The Morgan fingerprint density at radius 2 is 1.79 bits per heavy atom. The van der Waals surface area contributed by atoms with E-state index >= 15 is 0 Å². The predicted octanol–water partition coefficient (Wildman–Crippen LogP) is 3.64. The van der Waals surface area contributed by atoms with Crippen molar-refractivity contribution in [3.8, 4) is 0 Å². The smallest absolute Gasteiger partial charge is 0.328 e. The zero-order chi connectivity index (χ0) is 21.0. The zero-order valence-corrected chi connectivity index (χ0v) is 17.8. The number of aliphatic hydroxyl groups is 1. The summed E-state index contributed by atoms with van der Waals surface area (Å²) in [6.45, 7) is 5.66. The Morgan fingerprint density at radius 3 is 2.39 bits per heavy atom. The molecular weight excluding hydrogens is 364 g/mol. The summed E-state index contributed by atoms with van der Waals surface area (Å²) < 4.78 is 22.1. The molecule has 0 aromatic rings. The third-order valence-electron chi connectivity index (χ3n) is 4.82. The summed E-state index contributed by atoms with van der Waals surface area (Å²) in [4.78, 5) is 10.7. The quantitative estimate of drug-likeness (QED) is 0.245. The number of methoxy groups -OCH3 is 1. The highest BCUT2D eigenvalue weighted by atomic mass is 16.7. The molecule has 164 valence electrons. The summed E-state index contributed by atoms with van der Waals surface area (Å²) in [7, 11) is 1.58. The molecule has 0 bridgehead atoms. The molecule has 2 N–H and O–H groups in total. The van der Waals surface area contributed by atoms with Crippen LogP contribution in [-0.2, 0) is 23.7 Å². The van der Waals surface area contributed by atoms with Crippen molar-refractivity contribution in [2.75, 3.05) is 13.9 Å². The van der Waals surface area contributed by atoms with Crippen LogP contribution in [0.3, 0.4) is 0 Å². The molecule has 0 radical (unpaired) electrons. The van der Waals surface area contributed by atoms with Crippen molar-refractivity contribution in [3.05, 3.63) is 12.2 Å². The van der Waals surface area contributed by atoms with Crippen LogP contribution in [0.1, 0.15) is 72.1 Å². The molecule has 7 nitrogen and oxygen atoms in total. The number of aliphatic hydroxyl groups excluding tert-OH is 1. The van der Waals surface area contributed by atoms with E-state index in [1.54, 1.807) is 20.1 Å². The molecule has 4 atom stereocenters. The number of carboxylic acids is 1. The van der Waals surface area contributed by atoms with Crippen molar-refractivity contribution in [2.45, 2.75) is 102 Å². The lowest BCUT2D eigenvalue weighted by molar-refractivity contribution is -0.143. The van der Waals surface area contributed by atoms with Gasteiger partial charge in [-0.05, 0) is 39.7 Å². The fourth-order valence-corrected chi connectivity index (χ4v) is 3.44. The maximum absolute atomic E-state index is 10.7. The van der Waals surface area contributed by atoms with E-state index in [0.717, 1.165) is 57.4 Å². The molecule has 1 heterocycles. The topological polar surface area (TPSA) is 94.5 Å². The lowest BCUT2D eigenvalue weighted by atomic mass is 10.0. The second-order valence-electron chi connectivity index (χ2n) is 7.89. The zero-order valence-electron chi connectivity index (χ0n) is 17.8. The first kappa shape index (κ1) is 25.0. The maximum Gasteiger partial charge on any atom is 0.328 e. The number of hydrogen-bond acceptors (Lipinski definition) is 6. The van der Waals surface area contributed by atoms with E-state index in [2.05, 4.69) is 0 Å². The average Bonchev–Trinajstić information content (AvgIpc) is 2.91. The normalized spacial score (nSPS) is 23.9. The molecule has 1 fully saturated rings. The van der Waals surface area contributed by atoms with Gasteiger partial charge in [-0.15, -0.1) is 0 Å². The van der Waals surface area contributed by atoms with Gasteiger partial charge in [0.05, 0.1) is 18.3 Å². The summed E-state index contributed by atoms with van der Waals surface area (Å²) in [5.41, 5.74) is 0. The molecule has 0 saturated carbocycles. The molecule has 1 unspecified atom stereocenters. The van der Waals surface area contributed by atoms with Crippen LogP contribution in [0.4, 0.5) is 0 Å². The molecule has 1 rings (SSSR count). The molecule has 1 aliphatic rings. The van der Waals surface area contributed by atoms with Crippen molar-refractivity contribution >= 4 is 5.97 Å². The minimum Gasteiger partial charge on any atom is -0.478 e. The van der Waals surface area contributed by atoms with Gasteiger partial charge in [-0.1, -0.05) is 38.5 Å². The molecule has 1 aliphatic heterocycles. The molecular formula is C21H38O7. The first-order valence-corrected chi connectivity index (χ1v) is 10.3. The minimum absolute atomic E-state index is 0.102. The number of ether oxygens (including phenoxy) is 4. The molecule has 0 amide bonds. The van der Waals surface area contributed by atoms with Gasteiger partial charge in [-0.3, -0.25) is 0 Å². The number of carbonyl (C=O) groups is 1. The molecule has 0 aromatic heterocycles. The Hall–Kier alpha value is -0.990. The summed E-state index contributed by atoms with van der Waals surface area (Å²) in [6, 6.07) is 0. The van der Waals surface area contributed by atoms with E-state index in [9.17, 15) is 9.90 Å². The number of hydrogen-bond donors (Lipinski definition) is 2. The van der Waals surface area contributed by atoms with Crippen LogP contribution in [-0.4, -0.2) is 60.3 Å². The van der Waals surface area contributed by atoms with Gasteiger partial charge in [0.2, 0.25) is 0 Å². The van der Waals surface area contributed by atoms with Gasteiger partial charge in [0.15, 0.2) is 5.79 Å². The Morgan fingerprint density at radius 1 is 1.14 bits per heavy atom. The lowest BCUT2D eigenvalue weighted by Gasteiger charge is -2.20. The summed E-state index contributed by atoms with van der Waals surface area (Å²) in [6.07, 6.45) is 9.87. The summed E-state index contributed by atoms with van der Waals surface area (Å²) >= 11 is 0. The van der Waals surface area contributed by atoms with Gasteiger partial charge >= 0.3 is 5.97 Å². The lowest BCUT2D eigenvalue weighted by Crippen LogP contribution is -2.27. The Bertz CT molecular complexity index is 462. The number of rotatable bonds is 15. The summed E-state index contributed by atoms with van der Waals surface area (Å²) in [5, 5.41) is 18.5. The van der Waals surface area contributed by atoms with Crippen molar-refractivity contribution in [1.82, 2.24) is 0 Å². The highest BCUT2D eigenvalue weighted by Crippen LogP contribution is 2.31. The molecule has 0 aromatic carbocycles. The van der Waals surface area contributed by atoms with Crippen molar-refractivity contribution in [1.29, 1.82) is 0 Å². The van der Waals surface area contributed by atoms with E-state index in [1.807, 2.05) is 13.8 Å². The van der Waals surface area contributed by atoms with Crippen LogP contribution < -0.4 is 0 Å². The summed E-state index contributed by atoms with van der Waals surface area (Å²) in [5.74, 6) is -1.65. The van der Waals surface area contributed by atoms with Crippen molar-refractivity contribution < 1.29 is 34.0 Å². The first-order chi connectivity index (χ1) is 13.2. The fourth-order valence-electron chi connectivity index (χ4n) is 3.44. The maximum atomic E-state index is 10.7. The second kappa shape index (κ2) is 13.3. The van der Waals surface area contributed by atoms with E-state index in [0.29, 0.717) is 0 Å². The SMILES string of the molecule is COCO[C@H](CCCCCCCC[C@H]1OC(C)(C)O[C@@H]1/C=C/C(=O)O)C(C)O. The number of carboxylic acid groups (broad SMARTS) is 1. The Balaban J connectivity index is 2.16. The number of aliphatic carboxylic acids is 1. The van der Waals surface area contributed by atoms with Crippen LogP contribution in [0.15, 0.2) is 12.2 Å².